The van der Waals surface area contributed by atoms with Gasteiger partial charge in [-0.2, -0.15) is 0 Å². The second-order valence-corrected chi connectivity index (χ2v) is 2.15. The summed E-state index contributed by atoms with van der Waals surface area (Å²) in [6.45, 7) is 9.24. The maximum atomic E-state index is 4.89. The Morgan fingerprint density at radius 1 is 1.67 bits per heavy atom. The van der Waals surface area contributed by atoms with E-state index in [2.05, 4.69) is 25.7 Å². The van der Waals surface area contributed by atoms with Crippen molar-refractivity contribution in [3.05, 3.63) is 12.8 Å². The van der Waals surface area contributed by atoms with Gasteiger partial charge in [-0.05, 0) is 0 Å². The van der Waals surface area contributed by atoms with E-state index in [-0.39, 0.29) is 0 Å². The van der Waals surface area contributed by atoms with E-state index in [9.17, 15) is 0 Å². The lowest BCUT2D eigenvalue weighted by Gasteiger charge is -2.06. The normalized spacial score (nSPS) is 9.67. The van der Waals surface area contributed by atoms with Crippen LogP contribution in [0.1, 0.15) is 13.8 Å². The van der Waals surface area contributed by atoms with E-state index in [0.29, 0.717) is 12.6 Å². The van der Waals surface area contributed by atoms with Crippen LogP contribution in [0.2, 0.25) is 0 Å². The molecule has 54 valence electrons. The number of hydrogen-bond donors (Lipinski definition) is 1. The van der Waals surface area contributed by atoms with Crippen LogP contribution in [-0.4, -0.2) is 19.2 Å². The van der Waals surface area contributed by atoms with Crippen LogP contribution >= 0.6 is 0 Å². The largest absolute Gasteiger partial charge is 0.500 e. The highest BCUT2D eigenvalue weighted by Gasteiger charge is 1.88. The third kappa shape index (κ3) is 7.50. The molecule has 0 saturated carbocycles. The van der Waals surface area contributed by atoms with Crippen molar-refractivity contribution in [3.8, 4) is 0 Å². The summed E-state index contributed by atoms with van der Waals surface area (Å²) in [4.78, 5) is 0. The van der Waals surface area contributed by atoms with Gasteiger partial charge in [0.05, 0.1) is 12.9 Å². The molecule has 0 saturated heterocycles. The molecule has 2 nitrogen and oxygen atoms in total. The first-order chi connectivity index (χ1) is 4.27. The van der Waals surface area contributed by atoms with Gasteiger partial charge in [0.15, 0.2) is 0 Å². The van der Waals surface area contributed by atoms with Crippen LogP contribution < -0.4 is 5.32 Å². The van der Waals surface area contributed by atoms with Gasteiger partial charge in [0.2, 0.25) is 0 Å². The molecule has 0 spiro atoms. The Morgan fingerprint density at radius 3 is 2.78 bits per heavy atom. The molecule has 0 aliphatic carbocycles. The van der Waals surface area contributed by atoms with E-state index in [0.717, 1.165) is 6.54 Å². The maximum absolute atomic E-state index is 4.89. The lowest BCUT2D eigenvalue weighted by molar-refractivity contribution is 0.247. The summed E-state index contributed by atoms with van der Waals surface area (Å²) < 4.78 is 4.89. The minimum Gasteiger partial charge on any atom is -0.500 e. The monoisotopic (exact) mass is 129 g/mol. The Hall–Kier alpha value is -0.500. The summed E-state index contributed by atoms with van der Waals surface area (Å²) in [5, 5.41) is 3.21. The molecule has 0 radical (unpaired) electrons. The van der Waals surface area contributed by atoms with Gasteiger partial charge in [0.25, 0.3) is 0 Å². The molecule has 0 atom stereocenters. The molecule has 1 N–H and O–H groups in total. The van der Waals surface area contributed by atoms with Crippen molar-refractivity contribution in [2.45, 2.75) is 19.9 Å². The highest BCUT2D eigenvalue weighted by Crippen LogP contribution is 1.76. The summed E-state index contributed by atoms with van der Waals surface area (Å²) in [5.74, 6) is 0. The summed E-state index contributed by atoms with van der Waals surface area (Å²) in [5.41, 5.74) is 0. The topological polar surface area (TPSA) is 21.3 Å². The Bertz CT molecular complexity index is 71.3. The molecule has 9 heavy (non-hydrogen) atoms. The summed E-state index contributed by atoms with van der Waals surface area (Å²) in [6.07, 6.45) is 1.46. The molecule has 0 aliphatic rings. The van der Waals surface area contributed by atoms with Crippen molar-refractivity contribution in [1.82, 2.24) is 5.32 Å². The van der Waals surface area contributed by atoms with Gasteiger partial charge < -0.3 is 10.1 Å². The third-order valence-electron chi connectivity index (χ3n) is 0.890. The molecule has 0 heterocycles. The van der Waals surface area contributed by atoms with Crippen molar-refractivity contribution < 1.29 is 4.74 Å². The highest BCUT2D eigenvalue weighted by atomic mass is 16.5. The molecule has 0 bridgehead atoms. The van der Waals surface area contributed by atoms with Gasteiger partial charge in [-0.3, -0.25) is 0 Å². The van der Waals surface area contributed by atoms with Gasteiger partial charge in [-0.1, -0.05) is 20.4 Å². The first kappa shape index (κ1) is 8.50. The van der Waals surface area contributed by atoms with E-state index in [1.165, 1.54) is 6.26 Å². The Kier molecular flexibility index (Phi) is 5.32. The molecule has 0 rings (SSSR count). The fourth-order valence-electron chi connectivity index (χ4n) is 0.490. The van der Waals surface area contributed by atoms with Crippen LogP contribution in [0.4, 0.5) is 0 Å². The number of hydrogen-bond acceptors (Lipinski definition) is 2. The summed E-state index contributed by atoms with van der Waals surface area (Å²) in [7, 11) is 0. The van der Waals surface area contributed by atoms with E-state index in [1.54, 1.807) is 0 Å². The molecule has 0 aromatic carbocycles. The molecule has 0 aromatic rings. The first-order valence-electron chi connectivity index (χ1n) is 3.23. The predicted octanol–water partition coefficient (Wildman–Crippen LogP) is 1.14. The van der Waals surface area contributed by atoms with Crippen molar-refractivity contribution in [3.63, 3.8) is 0 Å². The van der Waals surface area contributed by atoms with Crippen LogP contribution in [0.5, 0.6) is 0 Å². The minimum atomic E-state index is 0.540. The fourth-order valence-corrected chi connectivity index (χ4v) is 0.490. The minimum absolute atomic E-state index is 0.540. The molecular weight excluding hydrogens is 114 g/mol. The van der Waals surface area contributed by atoms with Crippen LogP contribution in [0.3, 0.4) is 0 Å². The van der Waals surface area contributed by atoms with E-state index in [4.69, 9.17) is 4.74 Å². The van der Waals surface area contributed by atoms with Crippen LogP contribution in [-0.2, 0) is 4.74 Å². The molecule has 0 aliphatic heterocycles. The Labute approximate surface area is 56.9 Å². The average Bonchev–Trinajstić information content (AvgIpc) is 1.80. The molecule has 0 fully saturated rings. The van der Waals surface area contributed by atoms with Gasteiger partial charge in [-0.25, -0.2) is 0 Å². The van der Waals surface area contributed by atoms with E-state index in [1.807, 2.05) is 0 Å². The second kappa shape index (κ2) is 5.63. The van der Waals surface area contributed by atoms with E-state index < -0.39 is 0 Å². The number of rotatable bonds is 5. The zero-order chi connectivity index (χ0) is 7.11. The number of ether oxygens (including phenoxy) is 1. The van der Waals surface area contributed by atoms with Crippen molar-refractivity contribution in [1.29, 1.82) is 0 Å². The summed E-state index contributed by atoms with van der Waals surface area (Å²) >= 11 is 0. The molecule has 0 unspecified atom stereocenters. The molecular formula is C7H15NO. The Morgan fingerprint density at radius 2 is 2.33 bits per heavy atom. The Balaban J connectivity index is 2.82. The standard InChI is InChI=1S/C7H15NO/c1-4-9-6-5-8-7(2)3/h4,7-8H,1,5-6H2,2-3H3. The lowest BCUT2D eigenvalue weighted by atomic mass is 10.4. The second-order valence-electron chi connectivity index (χ2n) is 2.15. The van der Waals surface area contributed by atoms with Crippen LogP contribution in [0.25, 0.3) is 0 Å². The van der Waals surface area contributed by atoms with Crippen molar-refractivity contribution >= 4 is 0 Å². The van der Waals surface area contributed by atoms with E-state index >= 15 is 0 Å². The molecule has 0 aromatic heterocycles. The fraction of sp³-hybridized carbons (Fsp3) is 0.714. The zero-order valence-corrected chi connectivity index (χ0v) is 6.18. The van der Waals surface area contributed by atoms with Gasteiger partial charge in [-0.15, -0.1) is 0 Å². The lowest BCUT2D eigenvalue weighted by Crippen LogP contribution is -2.26. The number of nitrogens with one attached hydrogen (secondary N) is 1. The van der Waals surface area contributed by atoms with Crippen molar-refractivity contribution in [2.24, 2.45) is 0 Å². The average molecular weight is 129 g/mol. The van der Waals surface area contributed by atoms with Crippen LogP contribution in [0.15, 0.2) is 12.8 Å². The first-order valence-corrected chi connectivity index (χ1v) is 3.23. The highest BCUT2D eigenvalue weighted by molar-refractivity contribution is 4.54. The quantitative estimate of drug-likeness (QED) is 0.444. The third-order valence-corrected chi connectivity index (χ3v) is 0.890. The van der Waals surface area contributed by atoms with Crippen LogP contribution in [0, 0.1) is 0 Å². The SMILES string of the molecule is C=COCCNC(C)C. The summed E-state index contributed by atoms with van der Waals surface area (Å²) in [6, 6.07) is 0.540. The predicted molar refractivity (Wildman–Crippen MR) is 39.3 cm³/mol. The van der Waals surface area contributed by atoms with Gasteiger partial charge in [0, 0.05) is 12.6 Å². The molecule has 0 amide bonds. The van der Waals surface area contributed by atoms with Gasteiger partial charge in [0.1, 0.15) is 0 Å². The smallest absolute Gasteiger partial charge is 0.0997 e. The van der Waals surface area contributed by atoms with Crippen molar-refractivity contribution in [2.75, 3.05) is 13.2 Å². The van der Waals surface area contributed by atoms with Gasteiger partial charge >= 0.3 is 0 Å². The molecule has 2 heteroatoms. The maximum Gasteiger partial charge on any atom is 0.0997 e. The zero-order valence-electron chi connectivity index (χ0n) is 6.18.